The second-order valence-corrected chi connectivity index (χ2v) is 11.3. The molecule has 0 radical (unpaired) electrons. The van der Waals surface area contributed by atoms with Gasteiger partial charge in [-0.1, -0.05) is 55.8 Å². The highest BCUT2D eigenvalue weighted by Crippen LogP contribution is 2.39. The molecule has 1 spiro atoms. The fraction of sp³-hybridized carbons (Fsp3) is 0.467. The summed E-state index contributed by atoms with van der Waals surface area (Å²) in [6.07, 6.45) is 5.41. The van der Waals surface area contributed by atoms with Gasteiger partial charge in [0.15, 0.2) is 0 Å². The first-order valence-electron chi connectivity index (χ1n) is 13.0. The highest BCUT2D eigenvalue weighted by molar-refractivity contribution is 5.52. The number of ether oxygens (including phenoxy) is 1. The van der Waals surface area contributed by atoms with Gasteiger partial charge >= 0.3 is 0 Å². The molecule has 3 aliphatic heterocycles. The number of hydrogen-bond donors (Lipinski definition) is 0. The molecular formula is C30H36N4O. The summed E-state index contributed by atoms with van der Waals surface area (Å²) in [5, 5.41) is 0. The van der Waals surface area contributed by atoms with Gasteiger partial charge in [-0.25, -0.2) is 9.97 Å². The third-order valence-electron chi connectivity index (χ3n) is 8.57. The molecule has 182 valence electrons. The van der Waals surface area contributed by atoms with Crippen molar-refractivity contribution in [2.24, 2.45) is 5.41 Å². The largest absolute Gasteiger partial charge is 0.381 e. The van der Waals surface area contributed by atoms with Crippen LogP contribution in [0.1, 0.15) is 54.6 Å². The van der Waals surface area contributed by atoms with E-state index in [1.165, 1.54) is 46.5 Å². The van der Waals surface area contributed by atoms with Crippen LogP contribution in [0.2, 0.25) is 0 Å². The predicted molar refractivity (Wildman–Crippen MR) is 141 cm³/mol. The molecule has 5 nitrogen and oxygen atoms in total. The number of fused-ring (bicyclic) bond motifs is 1. The lowest BCUT2D eigenvalue weighted by Gasteiger charge is -2.32. The smallest absolute Gasteiger partial charge is 0.225 e. The van der Waals surface area contributed by atoms with Crippen molar-refractivity contribution in [2.45, 2.75) is 52.0 Å². The maximum atomic E-state index is 5.70. The van der Waals surface area contributed by atoms with Crippen molar-refractivity contribution in [3.05, 3.63) is 82.7 Å². The molecule has 1 atom stereocenters. The average Bonchev–Trinajstić information content (AvgIpc) is 3.53. The van der Waals surface area contributed by atoms with Crippen molar-refractivity contribution in [3.63, 3.8) is 0 Å². The van der Waals surface area contributed by atoms with E-state index in [1.807, 2.05) is 0 Å². The molecule has 3 aromatic rings. The molecule has 0 aliphatic carbocycles. The second kappa shape index (κ2) is 8.63. The van der Waals surface area contributed by atoms with Crippen LogP contribution in [0.3, 0.4) is 0 Å². The summed E-state index contributed by atoms with van der Waals surface area (Å²) in [5.41, 5.74) is 8.01. The molecule has 2 aromatic carbocycles. The van der Waals surface area contributed by atoms with Crippen LogP contribution in [0.25, 0.3) is 0 Å². The second-order valence-electron chi connectivity index (χ2n) is 11.3. The number of rotatable bonds is 4. The van der Waals surface area contributed by atoms with Gasteiger partial charge in [-0.3, -0.25) is 0 Å². The zero-order chi connectivity index (χ0) is 24.0. The Morgan fingerprint density at radius 1 is 0.914 bits per heavy atom. The molecule has 4 heterocycles. The Morgan fingerprint density at radius 2 is 1.66 bits per heavy atom. The summed E-state index contributed by atoms with van der Waals surface area (Å²) < 4.78 is 5.70. The highest BCUT2D eigenvalue weighted by atomic mass is 16.5. The van der Waals surface area contributed by atoms with E-state index in [2.05, 4.69) is 85.3 Å². The minimum absolute atomic E-state index is 0.0275. The number of anilines is 2. The van der Waals surface area contributed by atoms with Crippen LogP contribution in [0.15, 0.2) is 54.7 Å². The third-order valence-corrected chi connectivity index (χ3v) is 8.57. The van der Waals surface area contributed by atoms with Crippen LogP contribution in [0.4, 0.5) is 11.6 Å². The lowest BCUT2D eigenvalue weighted by molar-refractivity contribution is 0.160. The summed E-state index contributed by atoms with van der Waals surface area (Å²) in [6, 6.07) is 18.1. The van der Waals surface area contributed by atoms with Crippen LogP contribution >= 0.6 is 0 Å². The molecule has 0 saturated carbocycles. The first-order chi connectivity index (χ1) is 16.9. The van der Waals surface area contributed by atoms with Crippen molar-refractivity contribution < 1.29 is 4.74 Å². The molecule has 0 amide bonds. The van der Waals surface area contributed by atoms with E-state index in [0.717, 1.165) is 51.8 Å². The minimum Gasteiger partial charge on any atom is -0.381 e. The monoisotopic (exact) mass is 468 g/mol. The van der Waals surface area contributed by atoms with Gasteiger partial charge < -0.3 is 14.5 Å². The highest BCUT2D eigenvalue weighted by Gasteiger charge is 2.42. The fourth-order valence-electron chi connectivity index (χ4n) is 5.97. The molecular weight excluding hydrogens is 432 g/mol. The molecule has 6 rings (SSSR count). The first kappa shape index (κ1) is 22.5. The molecule has 0 bridgehead atoms. The summed E-state index contributed by atoms with van der Waals surface area (Å²) in [4.78, 5) is 14.6. The molecule has 0 N–H and O–H groups in total. The van der Waals surface area contributed by atoms with Gasteiger partial charge in [0.25, 0.3) is 0 Å². The Hall–Kier alpha value is -2.92. The van der Waals surface area contributed by atoms with Crippen molar-refractivity contribution in [2.75, 3.05) is 42.6 Å². The molecule has 1 aromatic heterocycles. The van der Waals surface area contributed by atoms with Gasteiger partial charge in [0.05, 0.1) is 18.8 Å². The predicted octanol–water partition coefficient (Wildman–Crippen LogP) is 5.29. The standard InChI is InChI=1S/C30H36N4O/c1-22-4-6-24(7-5-22)29(2,3)25-8-10-26(11-9-25)33-15-12-23-18-31-28(32-27(23)19-33)34-16-13-30(20-34)14-17-35-21-30/h4-11,18H,12-17,19-21H2,1-3H3. The van der Waals surface area contributed by atoms with Gasteiger partial charge in [0, 0.05) is 49.0 Å². The van der Waals surface area contributed by atoms with E-state index in [0.29, 0.717) is 5.41 Å². The van der Waals surface area contributed by atoms with Gasteiger partial charge in [-0.05, 0) is 55.0 Å². The maximum absolute atomic E-state index is 5.70. The number of hydrogen-bond acceptors (Lipinski definition) is 5. The van der Waals surface area contributed by atoms with E-state index >= 15 is 0 Å². The lowest BCUT2D eigenvalue weighted by atomic mass is 9.78. The van der Waals surface area contributed by atoms with Crippen LogP contribution in [0.5, 0.6) is 0 Å². The molecule has 5 heteroatoms. The van der Waals surface area contributed by atoms with Crippen LogP contribution in [-0.2, 0) is 23.1 Å². The van der Waals surface area contributed by atoms with Gasteiger partial charge in [0.1, 0.15) is 0 Å². The van der Waals surface area contributed by atoms with E-state index < -0.39 is 0 Å². The van der Waals surface area contributed by atoms with Crippen molar-refractivity contribution in [1.82, 2.24) is 9.97 Å². The van der Waals surface area contributed by atoms with E-state index in [9.17, 15) is 0 Å². The molecule has 2 fully saturated rings. The fourth-order valence-corrected chi connectivity index (χ4v) is 5.97. The zero-order valence-electron chi connectivity index (χ0n) is 21.3. The molecule has 35 heavy (non-hydrogen) atoms. The summed E-state index contributed by atoms with van der Waals surface area (Å²) >= 11 is 0. The third kappa shape index (κ3) is 4.20. The van der Waals surface area contributed by atoms with Crippen molar-refractivity contribution in [1.29, 1.82) is 0 Å². The van der Waals surface area contributed by atoms with Crippen molar-refractivity contribution >= 4 is 11.6 Å². The number of aryl methyl sites for hydroxylation is 1. The Morgan fingerprint density at radius 3 is 2.37 bits per heavy atom. The maximum Gasteiger partial charge on any atom is 0.225 e. The topological polar surface area (TPSA) is 41.5 Å². The Bertz CT molecular complexity index is 1200. The van der Waals surface area contributed by atoms with Gasteiger partial charge in [0.2, 0.25) is 5.95 Å². The number of nitrogens with zero attached hydrogens (tertiary/aromatic N) is 4. The normalized spacial score (nSPS) is 22.1. The summed E-state index contributed by atoms with van der Waals surface area (Å²) in [6.45, 7) is 12.4. The van der Waals surface area contributed by atoms with Crippen LogP contribution in [-0.4, -0.2) is 42.8 Å². The van der Waals surface area contributed by atoms with E-state index in [-0.39, 0.29) is 5.41 Å². The van der Waals surface area contributed by atoms with Crippen molar-refractivity contribution in [3.8, 4) is 0 Å². The minimum atomic E-state index is -0.0275. The average molecular weight is 469 g/mol. The van der Waals surface area contributed by atoms with E-state index in [4.69, 9.17) is 14.7 Å². The van der Waals surface area contributed by atoms with Crippen LogP contribution < -0.4 is 9.80 Å². The first-order valence-corrected chi connectivity index (χ1v) is 13.0. The summed E-state index contributed by atoms with van der Waals surface area (Å²) in [5.74, 6) is 0.893. The lowest BCUT2D eigenvalue weighted by Crippen LogP contribution is -2.33. The van der Waals surface area contributed by atoms with E-state index in [1.54, 1.807) is 0 Å². The van der Waals surface area contributed by atoms with Gasteiger partial charge in [-0.15, -0.1) is 0 Å². The SMILES string of the molecule is Cc1ccc(C(C)(C)c2ccc(N3CCc4cnc(N5CCC6(CCOC6)C5)nc4C3)cc2)cc1. The zero-order valence-corrected chi connectivity index (χ0v) is 21.3. The van der Waals surface area contributed by atoms with Crippen LogP contribution in [0, 0.1) is 12.3 Å². The quantitative estimate of drug-likeness (QED) is 0.520. The molecule has 3 aliphatic rings. The Balaban J connectivity index is 1.18. The summed E-state index contributed by atoms with van der Waals surface area (Å²) in [7, 11) is 0. The molecule has 2 saturated heterocycles. The molecule has 1 unspecified atom stereocenters. The Labute approximate surface area is 209 Å². The number of benzene rings is 2. The Kier molecular flexibility index (Phi) is 5.56. The van der Waals surface area contributed by atoms with Gasteiger partial charge in [-0.2, -0.15) is 0 Å². The number of aromatic nitrogens is 2.